The fourth-order valence-corrected chi connectivity index (χ4v) is 4.04. The normalized spacial score (nSPS) is 11.8. The Hall–Kier alpha value is 3.73. The van der Waals surface area contributed by atoms with E-state index in [0.717, 1.165) is 13.0 Å². The molecular formula is C15H24K3NO12S4. The minimum Gasteiger partial charge on any atom is -0.748 e. The molecule has 0 bridgehead atoms. The van der Waals surface area contributed by atoms with Crippen molar-refractivity contribution in [2.24, 2.45) is 0 Å². The molecule has 0 spiro atoms. The van der Waals surface area contributed by atoms with Crippen molar-refractivity contribution in [2.75, 3.05) is 37.7 Å². The number of aliphatic hydroxyl groups excluding tert-OH is 1. The van der Waals surface area contributed by atoms with Crippen molar-refractivity contribution < 1.29 is 207 Å². The molecule has 0 fully saturated rings. The van der Waals surface area contributed by atoms with E-state index in [1.807, 2.05) is 11.8 Å². The van der Waals surface area contributed by atoms with Crippen LogP contribution in [0.25, 0.3) is 0 Å². The quantitative estimate of drug-likeness (QED) is 0.125. The minimum absolute atomic E-state index is 0. The number of hydrogen-bond donors (Lipinski definition) is 1. The van der Waals surface area contributed by atoms with Crippen LogP contribution in [0.2, 0.25) is 0 Å². The molecule has 1 rings (SSSR count). The third-order valence-electron chi connectivity index (χ3n) is 3.81. The molecule has 0 aliphatic rings. The van der Waals surface area contributed by atoms with Gasteiger partial charge < -0.3 is 23.7 Å². The molecule has 1 aromatic rings. The maximum absolute atomic E-state index is 12.3. The molecule has 0 aromatic heterocycles. The monoisotopic (exact) mass is 655 g/mol. The first-order chi connectivity index (χ1) is 14.4. The van der Waals surface area contributed by atoms with Crippen LogP contribution in [-0.4, -0.2) is 95.1 Å². The van der Waals surface area contributed by atoms with Crippen LogP contribution in [0.3, 0.4) is 0 Å². The van der Waals surface area contributed by atoms with Crippen molar-refractivity contribution in [2.45, 2.75) is 24.7 Å². The molecule has 1 aromatic carbocycles. The van der Waals surface area contributed by atoms with Crippen molar-refractivity contribution in [3.63, 3.8) is 0 Å². The van der Waals surface area contributed by atoms with Gasteiger partial charge in [-0.05, 0) is 37.1 Å². The number of rotatable bonds is 12. The van der Waals surface area contributed by atoms with E-state index in [-0.39, 0.29) is 178 Å². The molecule has 0 heterocycles. The Morgan fingerprint density at radius 1 is 0.743 bits per heavy atom. The Balaban J connectivity index is -0.000000378. The summed E-state index contributed by atoms with van der Waals surface area (Å²) < 4.78 is 112. The fourth-order valence-electron chi connectivity index (χ4n) is 2.27. The average molecular weight is 656 g/mol. The Labute approximate surface area is 334 Å². The maximum Gasteiger partial charge on any atom is 1.00 e. The smallest absolute Gasteiger partial charge is 0.748 e. The van der Waals surface area contributed by atoms with Crippen LogP contribution in [0.1, 0.15) is 18.9 Å². The van der Waals surface area contributed by atoms with Gasteiger partial charge in [-0.3, -0.25) is 0 Å². The average Bonchev–Trinajstić information content (AvgIpc) is 2.64. The zero-order valence-electron chi connectivity index (χ0n) is 20.0. The molecule has 0 atom stereocenters. The van der Waals surface area contributed by atoms with E-state index in [9.17, 15) is 47.3 Å². The first kappa shape index (κ1) is 45.7. The Bertz CT molecular complexity index is 1100. The van der Waals surface area contributed by atoms with Gasteiger partial charge in [-0.25, -0.2) is 33.7 Å². The second kappa shape index (κ2) is 21.4. The van der Waals surface area contributed by atoms with Gasteiger partial charge in [0.05, 0.1) is 27.4 Å². The summed E-state index contributed by atoms with van der Waals surface area (Å²) in [6.45, 7) is 3.47. The standard InChI is InChI=1S/C15H25NO6S2.3K.H2O6S2/c1-2-8-16(9-11-17)10-13-23(18,19)15-5-3-14(4-6-15)7-12-24(20,21)22;;;;1-7(2,3)8(4,5)6/h3-6,17H,2,7-13H2,1H3,(H,20,21,22);;;;(H,1,2,3)(H,4,5,6)/q;3*+1;/p-3. The zero-order valence-corrected chi connectivity index (χ0v) is 32.6. The molecule has 13 nitrogen and oxygen atoms in total. The largest absolute Gasteiger partial charge is 1.00 e. The van der Waals surface area contributed by atoms with Gasteiger partial charge in [-0.2, -0.15) is 0 Å². The van der Waals surface area contributed by atoms with Crippen molar-refractivity contribution >= 4 is 38.3 Å². The van der Waals surface area contributed by atoms with E-state index in [2.05, 4.69) is 0 Å². The molecule has 0 aliphatic carbocycles. The Morgan fingerprint density at radius 3 is 1.54 bits per heavy atom. The molecule has 0 amide bonds. The predicted octanol–water partition coefficient (Wildman–Crippen LogP) is -10.7. The fraction of sp³-hybridized carbons (Fsp3) is 0.600. The van der Waals surface area contributed by atoms with Gasteiger partial charge in [0.2, 0.25) is 0 Å². The van der Waals surface area contributed by atoms with E-state index < -0.39 is 44.0 Å². The summed E-state index contributed by atoms with van der Waals surface area (Å²) in [7, 11) is -19.1. The minimum atomic E-state index is -5.67. The number of aryl methyl sites for hydroxylation is 1. The number of aliphatic hydroxyl groups is 1. The van der Waals surface area contributed by atoms with E-state index in [1.165, 1.54) is 24.3 Å². The number of benzene rings is 1. The van der Waals surface area contributed by atoms with Gasteiger partial charge in [0, 0.05) is 18.8 Å². The molecule has 0 radical (unpaired) electrons. The SMILES string of the molecule is CCCN(CCO)CCS(=O)(=O)c1ccc(CCS(=O)(=O)[O-])cc1.O=S(=O)([O-])S(=O)(=O)[O-].[K+].[K+].[K+]. The van der Waals surface area contributed by atoms with E-state index in [1.54, 1.807) is 0 Å². The summed E-state index contributed by atoms with van der Waals surface area (Å²) in [5.74, 6) is -0.562. The number of nitrogens with zero attached hydrogens (tertiary/aromatic N) is 1. The summed E-state index contributed by atoms with van der Waals surface area (Å²) in [4.78, 5) is 2.06. The van der Waals surface area contributed by atoms with Crippen LogP contribution in [0.5, 0.6) is 0 Å². The zero-order chi connectivity index (χ0) is 25.2. The van der Waals surface area contributed by atoms with E-state index >= 15 is 0 Å². The Kier molecular flexibility index (Phi) is 28.0. The van der Waals surface area contributed by atoms with E-state index in [4.69, 9.17) is 5.11 Å². The molecule has 188 valence electrons. The third kappa shape index (κ3) is 22.1. The van der Waals surface area contributed by atoms with Gasteiger partial charge in [0.1, 0.15) is 0 Å². The van der Waals surface area contributed by atoms with Crippen molar-refractivity contribution in [1.29, 1.82) is 0 Å². The van der Waals surface area contributed by atoms with Crippen LogP contribution in [0.4, 0.5) is 0 Å². The molecule has 0 aliphatic heterocycles. The van der Waals surface area contributed by atoms with Gasteiger partial charge in [0.15, 0.2) is 28.1 Å². The van der Waals surface area contributed by atoms with Crippen LogP contribution in [-0.2, 0) is 44.7 Å². The first-order valence-corrected chi connectivity index (χ1v) is 15.5. The summed E-state index contributed by atoms with van der Waals surface area (Å²) in [6, 6.07) is 5.90. The van der Waals surface area contributed by atoms with Crippen LogP contribution >= 0.6 is 0 Å². The maximum atomic E-state index is 12.3. The van der Waals surface area contributed by atoms with Crippen LogP contribution in [0.15, 0.2) is 29.2 Å². The second-order valence-corrected chi connectivity index (χ2v) is 14.1. The summed E-state index contributed by atoms with van der Waals surface area (Å²) in [6.07, 6.45) is 0.935. The molecule has 1 N–H and O–H groups in total. The molecular weight excluding hydrogens is 632 g/mol. The molecule has 0 saturated carbocycles. The molecule has 20 heteroatoms. The van der Waals surface area contributed by atoms with E-state index in [0.29, 0.717) is 18.7 Å². The van der Waals surface area contributed by atoms with Gasteiger partial charge in [-0.1, -0.05) is 19.1 Å². The molecule has 0 unspecified atom stereocenters. The molecule has 0 saturated heterocycles. The molecule has 35 heavy (non-hydrogen) atoms. The second-order valence-electron chi connectivity index (χ2n) is 6.36. The van der Waals surface area contributed by atoms with Crippen molar-refractivity contribution in [1.82, 2.24) is 4.90 Å². The Morgan fingerprint density at radius 2 is 1.20 bits per heavy atom. The number of hydrogen-bond acceptors (Lipinski definition) is 13. The van der Waals surface area contributed by atoms with Gasteiger partial charge in [-0.15, -0.1) is 0 Å². The van der Waals surface area contributed by atoms with Gasteiger partial charge in [0.25, 0.3) is 0 Å². The summed E-state index contributed by atoms with van der Waals surface area (Å²) >= 11 is 0. The van der Waals surface area contributed by atoms with Crippen molar-refractivity contribution in [3.8, 4) is 0 Å². The predicted molar refractivity (Wildman–Crippen MR) is 110 cm³/mol. The summed E-state index contributed by atoms with van der Waals surface area (Å²) in [5.41, 5.74) is 0.598. The summed E-state index contributed by atoms with van der Waals surface area (Å²) in [5, 5.41) is 8.99. The van der Waals surface area contributed by atoms with Crippen LogP contribution in [0, 0.1) is 0 Å². The van der Waals surface area contributed by atoms with Gasteiger partial charge >= 0.3 is 154 Å². The van der Waals surface area contributed by atoms with Crippen LogP contribution < -0.4 is 154 Å². The first-order valence-electron chi connectivity index (χ1n) is 8.93. The number of sulfone groups is 1. The third-order valence-corrected chi connectivity index (χ3v) is 8.22. The topological polar surface area (TPSA) is 229 Å². The van der Waals surface area contributed by atoms with Crippen molar-refractivity contribution in [3.05, 3.63) is 29.8 Å².